The third-order valence-corrected chi connectivity index (χ3v) is 3.34. The lowest BCUT2D eigenvalue weighted by atomic mass is 10.0. The van der Waals surface area contributed by atoms with E-state index in [0.717, 1.165) is 5.56 Å². The fraction of sp³-hybridized carbons (Fsp3) is 0.0625. The Balaban J connectivity index is 2.71. The first kappa shape index (κ1) is 14.8. The first-order valence-corrected chi connectivity index (χ1v) is 6.81. The summed E-state index contributed by atoms with van der Waals surface area (Å²) in [4.78, 5) is 4.42. The normalized spacial score (nSPS) is 10.3. The lowest BCUT2D eigenvalue weighted by molar-refractivity contribution is 0.628. The van der Waals surface area contributed by atoms with Crippen molar-refractivity contribution in [3.05, 3.63) is 66.3 Å². The second kappa shape index (κ2) is 6.21. The van der Waals surface area contributed by atoms with Gasteiger partial charge in [-0.05, 0) is 29.8 Å². The minimum Gasteiger partial charge on any atom is -0.251 e. The molecule has 0 bridgehead atoms. The molecule has 0 aliphatic rings. The zero-order valence-electron chi connectivity index (χ0n) is 10.7. The van der Waals surface area contributed by atoms with Crippen molar-refractivity contribution in [2.45, 2.75) is 5.88 Å². The van der Waals surface area contributed by atoms with Gasteiger partial charge in [0.25, 0.3) is 0 Å². The standard InChI is InChI=1S/C16H12Cl2FN/c1-3-15-13(10(2)18)8-14(16(9-17)20-15)11-5-4-6-12(19)7-11/h3-8H,1-2,9H2. The number of aromatic nitrogens is 1. The molecule has 4 heteroatoms. The smallest absolute Gasteiger partial charge is 0.123 e. The number of rotatable bonds is 4. The minimum atomic E-state index is -0.318. The molecule has 2 aromatic rings. The summed E-state index contributed by atoms with van der Waals surface area (Å²) in [6.45, 7) is 7.41. The van der Waals surface area contributed by atoms with Crippen LogP contribution in [-0.4, -0.2) is 4.98 Å². The molecule has 0 amide bonds. The van der Waals surface area contributed by atoms with Gasteiger partial charge in [-0.2, -0.15) is 0 Å². The molecule has 0 unspecified atom stereocenters. The Labute approximate surface area is 127 Å². The maximum atomic E-state index is 13.4. The summed E-state index contributed by atoms with van der Waals surface area (Å²) in [5, 5.41) is 0.353. The van der Waals surface area contributed by atoms with Crippen LogP contribution in [0.5, 0.6) is 0 Å². The van der Waals surface area contributed by atoms with E-state index in [1.165, 1.54) is 12.1 Å². The van der Waals surface area contributed by atoms with Crippen molar-refractivity contribution in [2.24, 2.45) is 0 Å². The fourth-order valence-electron chi connectivity index (χ4n) is 1.95. The Hall–Kier alpha value is -1.64. The molecule has 1 nitrogen and oxygen atoms in total. The van der Waals surface area contributed by atoms with Crippen LogP contribution in [0.4, 0.5) is 4.39 Å². The molecule has 0 N–H and O–H groups in total. The molecule has 0 atom stereocenters. The maximum absolute atomic E-state index is 13.4. The molecule has 0 radical (unpaired) electrons. The quantitative estimate of drug-likeness (QED) is 0.682. The summed E-state index contributed by atoms with van der Waals surface area (Å²) < 4.78 is 13.4. The van der Waals surface area contributed by atoms with Gasteiger partial charge in [-0.15, -0.1) is 11.6 Å². The number of halogens is 3. The molecule has 0 fully saturated rings. The Morgan fingerprint density at radius 3 is 2.65 bits per heavy atom. The molecule has 20 heavy (non-hydrogen) atoms. The number of hydrogen-bond acceptors (Lipinski definition) is 1. The molecular formula is C16H12Cl2FN. The molecule has 0 saturated heterocycles. The molecule has 102 valence electrons. The van der Waals surface area contributed by atoms with Crippen LogP contribution in [0, 0.1) is 5.82 Å². The summed E-state index contributed by atoms with van der Waals surface area (Å²) in [5.74, 6) is -0.107. The van der Waals surface area contributed by atoms with Gasteiger partial charge in [0.05, 0.1) is 17.3 Å². The van der Waals surface area contributed by atoms with E-state index in [2.05, 4.69) is 18.1 Å². The van der Waals surface area contributed by atoms with Crippen molar-refractivity contribution in [3.8, 4) is 11.1 Å². The van der Waals surface area contributed by atoms with E-state index in [1.54, 1.807) is 18.2 Å². The van der Waals surface area contributed by atoms with Gasteiger partial charge >= 0.3 is 0 Å². The zero-order chi connectivity index (χ0) is 14.7. The van der Waals surface area contributed by atoms with Gasteiger partial charge in [0, 0.05) is 16.2 Å². The molecule has 0 aliphatic heterocycles. The van der Waals surface area contributed by atoms with Crippen LogP contribution in [0.3, 0.4) is 0 Å². The van der Waals surface area contributed by atoms with Gasteiger partial charge in [0.15, 0.2) is 0 Å². The molecule has 1 aromatic heterocycles. The highest BCUT2D eigenvalue weighted by atomic mass is 35.5. The average Bonchev–Trinajstić information content (AvgIpc) is 2.45. The van der Waals surface area contributed by atoms with Gasteiger partial charge in [-0.1, -0.05) is 36.9 Å². The second-order valence-electron chi connectivity index (χ2n) is 4.17. The Morgan fingerprint density at radius 2 is 2.10 bits per heavy atom. The van der Waals surface area contributed by atoms with Crippen LogP contribution < -0.4 is 0 Å². The number of benzene rings is 1. The van der Waals surface area contributed by atoms with Crippen molar-refractivity contribution < 1.29 is 4.39 Å². The lowest BCUT2D eigenvalue weighted by Gasteiger charge is -2.12. The first-order valence-electron chi connectivity index (χ1n) is 5.90. The van der Waals surface area contributed by atoms with Crippen LogP contribution in [0.15, 0.2) is 43.5 Å². The highest BCUT2D eigenvalue weighted by molar-refractivity contribution is 6.48. The van der Waals surface area contributed by atoms with Crippen molar-refractivity contribution in [3.63, 3.8) is 0 Å². The topological polar surface area (TPSA) is 12.9 Å². The van der Waals surface area contributed by atoms with Gasteiger partial charge in [0.2, 0.25) is 0 Å². The van der Waals surface area contributed by atoms with E-state index in [4.69, 9.17) is 23.2 Å². The highest BCUT2D eigenvalue weighted by Crippen LogP contribution is 2.31. The monoisotopic (exact) mass is 307 g/mol. The summed E-state index contributed by atoms with van der Waals surface area (Å²) >= 11 is 11.9. The van der Waals surface area contributed by atoms with Crippen molar-refractivity contribution in [1.82, 2.24) is 4.98 Å². The number of alkyl halides is 1. The van der Waals surface area contributed by atoms with Crippen molar-refractivity contribution in [1.29, 1.82) is 0 Å². The molecule has 0 saturated carbocycles. The van der Waals surface area contributed by atoms with Gasteiger partial charge < -0.3 is 0 Å². The predicted octanol–water partition coefficient (Wildman–Crippen LogP) is 5.48. The van der Waals surface area contributed by atoms with Crippen LogP contribution in [0.25, 0.3) is 22.2 Å². The Bertz CT molecular complexity index is 680. The first-order chi connectivity index (χ1) is 9.56. The van der Waals surface area contributed by atoms with Crippen molar-refractivity contribution in [2.75, 3.05) is 0 Å². The largest absolute Gasteiger partial charge is 0.251 e. The van der Waals surface area contributed by atoms with Gasteiger partial charge in [-0.25, -0.2) is 4.39 Å². The number of pyridine rings is 1. The molecule has 0 spiro atoms. The van der Waals surface area contributed by atoms with Crippen molar-refractivity contribution >= 4 is 34.3 Å². The number of hydrogen-bond donors (Lipinski definition) is 0. The lowest BCUT2D eigenvalue weighted by Crippen LogP contribution is -1.98. The van der Waals surface area contributed by atoms with E-state index in [-0.39, 0.29) is 11.7 Å². The van der Waals surface area contributed by atoms with E-state index in [9.17, 15) is 4.39 Å². The van der Waals surface area contributed by atoms with Gasteiger partial charge in [0.1, 0.15) is 5.82 Å². The van der Waals surface area contributed by atoms with E-state index < -0.39 is 0 Å². The van der Waals surface area contributed by atoms with Crippen LogP contribution in [-0.2, 0) is 5.88 Å². The third-order valence-electron chi connectivity index (χ3n) is 2.88. The SMILES string of the molecule is C=Cc1nc(CCl)c(-c2cccc(F)c2)cc1C(=C)Cl. The fourth-order valence-corrected chi connectivity index (χ4v) is 2.30. The molecule has 1 heterocycles. The van der Waals surface area contributed by atoms with Crippen LogP contribution in [0.2, 0.25) is 0 Å². The second-order valence-corrected chi connectivity index (χ2v) is 4.89. The minimum absolute atomic E-state index is 0.210. The highest BCUT2D eigenvalue weighted by Gasteiger charge is 2.13. The number of nitrogens with zero attached hydrogens (tertiary/aromatic N) is 1. The Morgan fingerprint density at radius 1 is 1.35 bits per heavy atom. The predicted molar refractivity (Wildman–Crippen MR) is 84.2 cm³/mol. The van der Waals surface area contributed by atoms with Crippen LogP contribution in [0.1, 0.15) is 17.0 Å². The molecule has 2 rings (SSSR count). The summed E-state index contributed by atoms with van der Waals surface area (Å²) in [5.41, 5.74) is 3.36. The van der Waals surface area contributed by atoms with E-state index >= 15 is 0 Å². The summed E-state index contributed by atoms with van der Waals surface area (Å²) in [7, 11) is 0. The molecule has 0 aliphatic carbocycles. The summed E-state index contributed by atoms with van der Waals surface area (Å²) in [6, 6.07) is 8.06. The maximum Gasteiger partial charge on any atom is 0.123 e. The third kappa shape index (κ3) is 2.92. The molecule has 1 aromatic carbocycles. The average molecular weight is 308 g/mol. The molecular weight excluding hydrogens is 296 g/mol. The van der Waals surface area contributed by atoms with E-state index in [1.807, 2.05) is 6.07 Å². The Kier molecular flexibility index (Phi) is 4.58. The van der Waals surface area contributed by atoms with Crippen LogP contribution >= 0.6 is 23.2 Å². The van der Waals surface area contributed by atoms with E-state index in [0.29, 0.717) is 27.5 Å². The zero-order valence-corrected chi connectivity index (χ0v) is 12.2. The van der Waals surface area contributed by atoms with Gasteiger partial charge in [-0.3, -0.25) is 4.98 Å². The summed E-state index contributed by atoms with van der Waals surface area (Å²) in [6.07, 6.45) is 1.59.